The monoisotopic (exact) mass is 209 g/mol. The second-order valence-corrected chi connectivity index (χ2v) is 3.37. The molecule has 0 fully saturated rings. The van der Waals surface area contributed by atoms with E-state index in [1.54, 1.807) is 0 Å². The van der Waals surface area contributed by atoms with Gasteiger partial charge in [0.15, 0.2) is 0 Å². The first-order valence-corrected chi connectivity index (χ1v) is 5.41. The molecule has 1 amide bonds. The van der Waals surface area contributed by atoms with E-state index in [-0.39, 0.29) is 5.91 Å². The van der Waals surface area contributed by atoms with Gasteiger partial charge >= 0.3 is 0 Å². The van der Waals surface area contributed by atoms with E-state index in [1.807, 2.05) is 36.0 Å². The lowest BCUT2D eigenvalue weighted by Gasteiger charge is -2.06. The fraction of sp³-hybridized carbons (Fsp3) is 0.545. The van der Waals surface area contributed by atoms with Crippen molar-refractivity contribution in [3.05, 3.63) is 24.5 Å². The van der Waals surface area contributed by atoms with Gasteiger partial charge in [-0.25, -0.2) is 0 Å². The maximum absolute atomic E-state index is 11.3. The zero-order valence-corrected chi connectivity index (χ0v) is 9.20. The molecule has 15 heavy (non-hydrogen) atoms. The summed E-state index contributed by atoms with van der Waals surface area (Å²) < 4.78 is 2.05. The first-order valence-electron chi connectivity index (χ1n) is 5.41. The Hall–Kier alpha value is -1.29. The molecule has 0 aliphatic heterocycles. The van der Waals surface area contributed by atoms with Crippen LogP contribution in [-0.4, -0.2) is 30.1 Å². The molecule has 1 heterocycles. The minimum atomic E-state index is 0.114. The number of nitrogens with zero attached hydrogens (tertiary/aromatic N) is 1. The summed E-state index contributed by atoms with van der Waals surface area (Å²) >= 11 is 0. The number of carbonyl (C=O) groups excluding carboxylic acids is 1. The van der Waals surface area contributed by atoms with E-state index in [0.717, 1.165) is 19.6 Å². The third-order valence-corrected chi connectivity index (χ3v) is 2.14. The third kappa shape index (κ3) is 5.22. The van der Waals surface area contributed by atoms with Crippen molar-refractivity contribution in [3.63, 3.8) is 0 Å². The molecular weight excluding hydrogens is 190 g/mol. The lowest BCUT2D eigenvalue weighted by Crippen LogP contribution is -2.29. The van der Waals surface area contributed by atoms with Gasteiger partial charge in [-0.05, 0) is 18.7 Å². The highest BCUT2D eigenvalue weighted by molar-refractivity contribution is 5.75. The van der Waals surface area contributed by atoms with Crippen LogP contribution in [0, 0.1) is 0 Å². The number of aromatic nitrogens is 1. The normalized spacial score (nSPS) is 10.2. The predicted molar refractivity (Wildman–Crippen MR) is 60.6 cm³/mol. The molecule has 1 aromatic rings. The number of nitrogens with one attached hydrogen (secondary N) is 2. The topological polar surface area (TPSA) is 46.1 Å². The Morgan fingerprint density at radius 2 is 2.00 bits per heavy atom. The summed E-state index contributed by atoms with van der Waals surface area (Å²) in [6.45, 7) is 5.23. The van der Waals surface area contributed by atoms with E-state index in [4.69, 9.17) is 0 Å². The van der Waals surface area contributed by atoms with Crippen molar-refractivity contribution >= 4 is 5.91 Å². The largest absolute Gasteiger partial charge is 0.354 e. The molecule has 4 heteroatoms. The molecular formula is C11H19N3O. The molecule has 84 valence electrons. The zero-order valence-electron chi connectivity index (χ0n) is 9.20. The molecule has 1 rings (SSSR count). The van der Waals surface area contributed by atoms with E-state index in [2.05, 4.69) is 10.6 Å². The van der Waals surface area contributed by atoms with Gasteiger partial charge in [0.05, 0.1) is 0 Å². The molecule has 0 unspecified atom stereocenters. The molecule has 0 aliphatic carbocycles. The molecule has 0 saturated carbocycles. The molecule has 0 saturated heterocycles. The SMILES string of the molecule is CCNCCC(=O)NCCn1cccc1. The van der Waals surface area contributed by atoms with Gasteiger partial charge in [-0.3, -0.25) is 4.79 Å². The van der Waals surface area contributed by atoms with E-state index in [1.165, 1.54) is 0 Å². The molecule has 0 aromatic carbocycles. The smallest absolute Gasteiger partial charge is 0.221 e. The van der Waals surface area contributed by atoms with Crippen LogP contribution in [0.25, 0.3) is 0 Å². The van der Waals surface area contributed by atoms with Gasteiger partial charge in [-0.2, -0.15) is 0 Å². The van der Waals surface area contributed by atoms with Crippen molar-refractivity contribution in [3.8, 4) is 0 Å². The van der Waals surface area contributed by atoms with Crippen LogP contribution in [0.5, 0.6) is 0 Å². The molecule has 1 aromatic heterocycles. The van der Waals surface area contributed by atoms with Crippen LogP contribution >= 0.6 is 0 Å². The van der Waals surface area contributed by atoms with Crippen LogP contribution in [0.2, 0.25) is 0 Å². The molecule has 0 aliphatic rings. The highest BCUT2D eigenvalue weighted by Crippen LogP contribution is 1.88. The zero-order chi connectivity index (χ0) is 10.9. The first-order chi connectivity index (χ1) is 7.33. The number of carbonyl (C=O) groups is 1. The minimum absolute atomic E-state index is 0.114. The van der Waals surface area contributed by atoms with Gasteiger partial charge in [-0.15, -0.1) is 0 Å². The predicted octanol–water partition coefficient (Wildman–Crippen LogP) is 0.604. The Labute approximate surface area is 90.7 Å². The molecule has 0 bridgehead atoms. The van der Waals surface area contributed by atoms with Gasteiger partial charge in [0, 0.05) is 38.4 Å². The number of rotatable bonds is 7. The van der Waals surface area contributed by atoms with Crippen molar-refractivity contribution in [1.29, 1.82) is 0 Å². The second kappa shape index (κ2) is 7.06. The number of amides is 1. The van der Waals surface area contributed by atoms with Gasteiger partial charge in [0.2, 0.25) is 5.91 Å². The van der Waals surface area contributed by atoms with Crippen LogP contribution in [0.4, 0.5) is 0 Å². The van der Waals surface area contributed by atoms with Crippen LogP contribution in [-0.2, 0) is 11.3 Å². The fourth-order valence-corrected chi connectivity index (χ4v) is 1.31. The summed E-state index contributed by atoms with van der Waals surface area (Å²) in [6.07, 6.45) is 4.54. The number of hydrogen-bond acceptors (Lipinski definition) is 2. The highest BCUT2D eigenvalue weighted by atomic mass is 16.1. The van der Waals surface area contributed by atoms with E-state index in [9.17, 15) is 4.79 Å². The minimum Gasteiger partial charge on any atom is -0.354 e. The molecule has 0 spiro atoms. The van der Waals surface area contributed by atoms with Crippen LogP contribution < -0.4 is 10.6 Å². The van der Waals surface area contributed by atoms with Crippen LogP contribution in [0.15, 0.2) is 24.5 Å². The molecule has 4 nitrogen and oxygen atoms in total. The molecule has 0 radical (unpaired) electrons. The Bertz CT molecular complexity index is 269. The lowest BCUT2D eigenvalue weighted by molar-refractivity contribution is -0.121. The van der Waals surface area contributed by atoms with Gasteiger partial charge in [0.25, 0.3) is 0 Å². The molecule has 2 N–H and O–H groups in total. The Morgan fingerprint density at radius 3 is 2.67 bits per heavy atom. The Kier molecular flexibility index (Phi) is 5.55. The summed E-state index contributed by atoms with van der Waals surface area (Å²) in [5.74, 6) is 0.114. The van der Waals surface area contributed by atoms with Crippen molar-refractivity contribution in [2.45, 2.75) is 19.9 Å². The van der Waals surface area contributed by atoms with Crippen LogP contribution in [0.1, 0.15) is 13.3 Å². The second-order valence-electron chi connectivity index (χ2n) is 3.37. The summed E-state index contributed by atoms with van der Waals surface area (Å²) in [5.41, 5.74) is 0. The third-order valence-electron chi connectivity index (χ3n) is 2.14. The highest BCUT2D eigenvalue weighted by Gasteiger charge is 1.98. The average molecular weight is 209 g/mol. The van der Waals surface area contributed by atoms with Crippen molar-refractivity contribution in [2.75, 3.05) is 19.6 Å². The van der Waals surface area contributed by atoms with Crippen molar-refractivity contribution in [2.24, 2.45) is 0 Å². The summed E-state index contributed by atoms with van der Waals surface area (Å²) in [5, 5.41) is 6.00. The van der Waals surface area contributed by atoms with E-state index in [0.29, 0.717) is 13.0 Å². The van der Waals surface area contributed by atoms with Crippen molar-refractivity contribution in [1.82, 2.24) is 15.2 Å². The Morgan fingerprint density at radius 1 is 1.27 bits per heavy atom. The Balaban J connectivity index is 2.02. The van der Waals surface area contributed by atoms with E-state index >= 15 is 0 Å². The van der Waals surface area contributed by atoms with Crippen LogP contribution in [0.3, 0.4) is 0 Å². The maximum Gasteiger partial charge on any atom is 0.221 e. The quantitative estimate of drug-likeness (QED) is 0.646. The van der Waals surface area contributed by atoms with Gasteiger partial charge < -0.3 is 15.2 Å². The molecule has 0 atom stereocenters. The maximum atomic E-state index is 11.3. The lowest BCUT2D eigenvalue weighted by atomic mass is 10.4. The van der Waals surface area contributed by atoms with Gasteiger partial charge in [-0.1, -0.05) is 6.92 Å². The van der Waals surface area contributed by atoms with Crippen molar-refractivity contribution < 1.29 is 4.79 Å². The summed E-state index contributed by atoms with van der Waals surface area (Å²) in [6, 6.07) is 3.96. The summed E-state index contributed by atoms with van der Waals surface area (Å²) in [7, 11) is 0. The summed E-state index contributed by atoms with van der Waals surface area (Å²) in [4.78, 5) is 11.3. The first kappa shape index (κ1) is 11.8. The standard InChI is InChI=1S/C11H19N3O/c1-2-12-6-5-11(15)13-7-10-14-8-3-4-9-14/h3-4,8-9,12H,2,5-7,10H2,1H3,(H,13,15). The average Bonchev–Trinajstić information content (AvgIpc) is 2.71. The van der Waals surface area contributed by atoms with E-state index < -0.39 is 0 Å². The number of hydrogen-bond donors (Lipinski definition) is 2. The fourth-order valence-electron chi connectivity index (χ4n) is 1.31. The van der Waals surface area contributed by atoms with Gasteiger partial charge in [0.1, 0.15) is 0 Å².